The molecule has 27 heavy (non-hydrogen) atoms. The molecule has 0 radical (unpaired) electrons. The van der Waals surface area contributed by atoms with E-state index >= 15 is 0 Å². The van der Waals surface area contributed by atoms with E-state index in [9.17, 15) is 9.59 Å². The molecule has 0 bridgehead atoms. The first-order valence-corrected chi connectivity index (χ1v) is 8.54. The van der Waals surface area contributed by atoms with E-state index in [1.165, 1.54) is 11.0 Å². The second kappa shape index (κ2) is 6.86. The minimum Gasteiger partial charge on any atom is -0.478 e. The fraction of sp³-hybridized carbons (Fsp3) is 0.368. The summed E-state index contributed by atoms with van der Waals surface area (Å²) in [5, 5.41) is 13.6. The molecule has 0 fully saturated rings. The molecule has 0 aliphatic rings. The molecule has 3 aromatic heterocycles. The van der Waals surface area contributed by atoms with Crippen molar-refractivity contribution in [2.45, 2.75) is 40.2 Å². The summed E-state index contributed by atoms with van der Waals surface area (Å²) in [5.74, 6) is -0.489. The summed E-state index contributed by atoms with van der Waals surface area (Å²) >= 11 is 0. The topological polar surface area (TPSA) is 110 Å². The van der Waals surface area contributed by atoms with Crippen molar-refractivity contribution in [1.29, 1.82) is 0 Å². The van der Waals surface area contributed by atoms with Gasteiger partial charge in [-0.1, -0.05) is 19.0 Å². The van der Waals surface area contributed by atoms with Gasteiger partial charge < -0.3 is 18.9 Å². The van der Waals surface area contributed by atoms with Crippen molar-refractivity contribution in [2.75, 3.05) is 7.05 Å². The van der Waals surface area contributed by atoms with E-state index in [0.29, 0.717) is 33.9 Å². The van der Waals surface area contributed by atoms with Crippen molar-refractivity contribution in [1.82, 2.24) is 15.0 Å². The number of carbonyl (C=O) groups excluding carboxylic acids is 1. The second-order valence-corrected chi connectivity index (χ2v) is 6.85. The Kier molecular flexibility index (Phi) is 4.73. The third-order valence-corrected chi connectivity index (χ3v) is 4.40. The molecule has 0 saturated carbocycles. The summed E-state index contributed by atoms with van der Waals surface area (Å²) in [5.41, 5.74) is 2.20. The van der Waals surface area contributed by atoms with E-state index in [2.05, 4.69) is 10.1 Å². The van der Waals surface area contributed by atoms with Crippen molar-refractivity contribution in [3.63, 3.8) is 0 Å². The molecule has 0 spiro atoms. The molecular formula is C19H21N3O5. The van der Waals surface area contributed by atoms with Crippen molar-refractivity contribution < 1.29 is 23.6 Å². The van der Waals surface area contributed by atoms with Gasteiger partial charge >= 0.3 is 5.97 Å². The minimum atomic E-state index is -1.06. The fourth-order valence-corrected chi connectivity index (χ4v) is 2.92. The number of carbonyl (C=O) groups is 2. The molecule has 0 aromatic carbocycles. The summed E-state index contributed by atoms with van der Waals surface area (Å²) in [6, 6.07) is 3.19. The Hall–Kier alpha value is -3.16. The highest BCUT2D eigenvalue weighted by molar-refractivity contribution is 6.06. The molecule has 0 atom stereocenters. The molecule has 3 heterocycles. The Morgan fingerprint density at radius 3 is 2.52 bits per heavy atom. The number of carboxylic acid groups (broad SMARTS) is 1. The summed E-state index contributed by atoms with van der Waals surface area (Å²) in [6.07, 6.45) is 0. The number of carboxylic acids is 1. The summed E-state index contributed by atoms with van der Waals surface area (Å²) in [4.78, 5) is 30.2. The second-order valence-electron chi connectivity index (χ2n) is 6.85. The minimum absolute atomic E-state index is 0.0918. The largest absolute Gasteiger partial charge is 0.478 e. The summed E-state index contributed by atoms with van der Waals surface area (Å²) in [6.45, 7) is 7.44. The number of hydrogen-bond donors (Lipinski definition) is 1. The highest BCUT2D eigenvalue weighted by Crippen LogP contribution is 2.26. The smallest absolute Gasteiger partial charge is 0.339 e. The van der Waals surface area contributed by atoms with Crippen LogP contribution in [0.5, 0.6) is 0 Å². The van der Waals surface area contributed by atoms with Crippen LogP contribution in [0.1, 0.15) is 63.4 Å². The standard InChI is InChI=1S/C19H21N3O5/c1-9(2)15-7-14(16-10(3)21-27-17(16)20-15)18(23)22(5)8-12-6-13(19(24)25)11(4)26-12/h6-7,9H,8H2,1-5H3,(H,24,25). The van der Waals surface area contributed by atoms with Crippen molar-refractivity contribution in [3.05, 3.63) is 46.2 Å². The highest BCUT2D eigenvalue weighted by atomic mass is 16.5. The Morgan fingerprint density at radius 1 is 1.22 bits per heavy atom. The van der Waals surface area contributed by atoms with Gasteiger partial charge in [-0.25, -0.2) is 9.78 Å². The highest BCUT2D eigenvalue weighted by Gasteiger charge is 2.23. The number of hydrogen-bond acceptors (Lipinski definition) is 6. The molecule has 3 aromatic rings. The van der Waals surface area contributed by atoms with E-state index in [0.717, 1.165) is 5.69 Å². The van der Waals surface area contributed by atoms with Gasteiger partial charge in [0.25, 0.3) is 11.6 Å². The van der Waals surface area contributed by atoms with E-state index < -0.39 is 5.97 Å². The number of fused-ring (bicyclic) bond motifs is 1. The zero-order valence-corrected chi connectivity index (χ0v) is 15.9. The number of aromatic carboxylic acids is 1. The molecule has 0 unspecified atom stereocenters. The lowest BCUT2D eigenvalue weighted by atomic mass is 10.0. The first kappa shape index (κ1) is 18.6. The molecule has 0 aliphatic carbocycles. The van der Waals surface area contributed by atoms with Crippen molar-refractivity contribution >= 4 is 23.0 Å². The molecule has 8 heteroatoms. The normalized spacial score (nSPS) is 11.3. The van der Waals surface area contributed by atoms with Gasteiger partial charge in [0.15, 0.2) is 0 Å². The third-order valence-electron chi connectivity index (χ3n) is 4.40. The summed E-state index contributed by atoms with van der Waals surface area (Å²) < 4.78 is 10.7. The molecular weight excluding hydrogens is 350 g/mol. The van der Waals surface area contributed by atoms with Gasteiger partial charge in [-0.2, -0.15) is 0 Å². The fourth-order valence-electron chi connectivity index (χ4n) is 2.92. The Balaban J connectivity index is 1.96. The number of amides is 1. The van der Waals surface area contributed by atoms with Gasteiger partial charge in [-0.05, 0) is 31.9 Å². The van der Waals surface area contributed by atoms with Crippen LogP contribution in [-0.2, 0) is 6.54 Å². The van der Waals surface area contributed by atoms with Gasteiger partial charge in [-0.15, -0.1) is 0 Å². The molecule has 142 valence electrons. The molecule has 1 amide bonds. The number of furan rings is 1. The van der Waals surface area contributed by atoms with E-state index in [1.54, 1.807) is 27.0 Å². The zero-order chi connectivity index (χ0) is 19.9. The van der Waals surface area contributed by atoms with Crippen LogP contribution in [0.15, 0.2) is 21.1 Å². The first-order valence-electron chi connectivity index (χ1n) is 8.54. The Labute approximate surface area is 155 Å². The van der Waals surface area contributed by atoms with E-state index in [-0.39, 0.29) is 23.9 Å². The monoisotopic (exact) mass is 371 g/mol. The lowest BCUT2D eigenvalue weighted by molar-refractivity contribution is 0.0694. The lowest BCUT2D eigenvalue weighted by Gasteiger charge is -2.17. The van der Waals surface area contributed by atoms with Crippen LogP contribution in [0.3, 0.4) is 0 Å². The number of rotatable bonds is 5. The van der Waals surface area contributed by atoms with Gasteiger partial charge in [0.1, 0.15) is 17.1 Å². The van der Waals surface area contributed by atoms with Crippen LogP contribution >= 0.6 is 0 Å². The maximum atomic E-state index is 13.1. The predicted molar refractivity (Wildman–Crippen MR) is 96.8 cm³/mol. The van der Waals surface area contributed by atoms with Gasteiger partial charge in [-0.3, -0.25) is 4.79 Å². The number of pyridine rings is 1. The van der Waals surface area contributed by atoms with Crippen LogP contribution in [0, 0.1) is 13.8 Å². The average Bonchev–Trinajstić information content (AvgIpc) is 3.16. The maximum Gasteiger partial charge on any atom is 0.339 e. The zero-order valence-electron chi connectivity index (χ0n) is 15.9. The van der Waals surface area contributed by atoms with E-state index in [4.69, 9.17) is 14.0 Å². The SMILES string of the molecule is Cc1oc(CN(C)C(=O)c2cc(C(C)C)nc3onc(C)c23)cc1C(=O)O. The molecule has 3 rings (SSSR count). The number of aromatic nitrogens is 2. The van der Waals surface area contributed by atoms with Crippen molar-refractivity contribution in [2.24, 2.45) is 0 Å². The Morgan fingerprint density at radius 2 is 1.93 bits per heavy atom. The molecule has 0 saturated heterocycles. The van der Waals surface area contributed by atoms with Crippen LogP contribution in [-0.4, -0.2) is 39.1 Å². The van der Waals surface area contributed by atoms with Gasteiger partial charge in [0.2, 0.25) is 0 Å². The third kappa shape index (κ3) is 3.42. The molecule has 8 nitrogen and oxygen atoms in total. The van der Waals surface area contributed by atoms with Crippen LogP contribution < -0.4 is 0 Å². The lowest BCUT2D eigenvalue weighted by Crippen LogP contribution is -2.26. The number of aryl methyl sites for hydroxylation is 2. The van der Waals surface area contributed by atoms with Crippen LogP contribution in [0.4, 0.5) is 0 Å². The average molecular weight is 371 g/mol. The van der Waals surface area contributed by atoms with Gasteiger partial charge in [0.05, 0.1) is 23.2 Å². The van der Waals surface area contributed by atoms with Crippen LogP contribution in [0.25, 0.3) is 11.1 Å². The predicted octanol–water partition coefficient (Wildman–Crippen LogP) is 3.53. The van der Waals surface area contributed by atoms with Gasteiger partial charge in [0, 0.05) is 12.7 Å². The molecule has 1 N–H and O–H groups in total. The first-order chi connectivity index (χ1) is 12.7. The van der Waals surface area contributed by atoms with Crippen molar-refractivity contribution in [3.8, 4) is 0 Å². The quantitative estimate of drug-likeness (QED) is 0.730. The number of nitrogens with zero attached hydrogens (tertiary/aromatic N) is 3. The Bertz CT molecular complexity index is 1030. The maximum absolute atomic E-state index is 13.1. The van der Waals surface area contributed by atoms with Crippen LogP contribution in [0.2, 0.25) is 0 Å². The van der Waals surface area contributed by atoms with E-state index in [1.807, 2.05) is 13.8 Å². The molecule has 0 aliphatic heterocycles. The summed E-state index contributed by atoms with van der Waals surface area (Å²) in [7, 11) is 1.63.